The van der Waals surface area contributed by atoms with Gasteiger partial charge in [0.05, 0.1) is 6.04 Å². The lowest BCUT2D eigenvalue weighted by Gasteiger charge is -2.27. The number of benzene rings is 1. The molecule has 13 nitrogen and oxygen atoms in total. The molecule has 204 valence electrons. The minimum Gasteiger partial charge on any atom is -0.481 e. The van der Waals surface area contributed by atoms with Crippen LogP contribution in [0, 0.1) is 5.92 Å². The van der Waals surface area contributed by atoms with Gasteiger partial charge in [-0.15, -0.1) is 0 Å². The van der Waals surface area contributed by atoms with E-state index in [1.807, 2.05) is 6.07 Å². The maximum atomic E-state index is 13.0. The number of hydrogen-bond donors (Lipinski definition) is 7. The summed E-state index contributed by atoms with van der Waals surface area (Å²) in [5.74, 6) is -6.20. The van der Waals surface area contributed by atoms with Crippen molar-refractivity contribution in [2.24, 2.45) is 17.4 Å². The highest BCUT2D eigenvalue weighted by molar-refractivity contribution is 5.94. The largest absolute Gasteiger partial charge is 0.481 e. The van der Waals surface area contributed by atoms with Crippen molar-refractivity contribution in [1.82, 2.24) is 16.0 Å². The molecule has 0 aliphatic heterocycles. The summed E-state index contributed by atoms with van der Waals surface area (Å²) in [6.07, 6.45) is -1.22. The molecule has 1 aromatic carbocycles. The molecule has 0 aliphatic rings. The Morgan fingerprint density at radius 3 is 1.89 bits per heavy atom. The Balaban J connectivity index is 2.95. The van der Waals surface area contributed by atoms with Gasteiger partial charge in [0, 0.05) is 12.8 Å². The second-order valence-electron chi connectivity index (χ2n) is 8.92. The predicted octanol–water partition coefficient (Wildman–Crippen LogP) is -1.12. The second-order valence-corrected chi connectivity index (χ2v) is 8.92. The van der Waals surface area contributed by atoms with E-state index in [4.69, 9.17) is 16.6 Å². The van der Waals surface area contributed by atoms with E-state index in [0.29, 0.717) is 0 Å². The highest BCUT2D eigenvalue weighted by Crippen LogP contribution is 2.08. The van der Waals surface area contributed by atoms with E-state index in [1.54, 1.807) is 38.1 Å². The molecule has 0 saturated heterocycles. The first-order valence-corrected chi connectivity index (χ1v) is 11.7. The second kappa shape index (κ2) is 15.2. The fraction of sp³-hybridized carbons (Fsp3) is 0.500. The van der Waals surface area contributed by atoms with Crippen LogP contribution in [-0.4, -0.2) is 69.9 Å². The zero-order valence-corrected chi connectivity index (χ0v) is 20.8. The Morgan fingerprint density at radius 2 is 1.38 bits per heavy atom. The van der Waals surface area contributed by atoms with E-state index in [-0.39, 0.29) is 25.7 Å². The minimum absolute atomic E-state index is 0.227. The van der Waals surface area contributed by atoms with Crippen molar-refractivity contribution in [1.29, 1.82) is 0 Å². The molecular weight excluding hydrogens is 486 g/mol. The maximum Gasteiger partial charge on any atom is 0.326 e. The van der Waals surface area contributed by atoms with E-state index < -0.39 is 72.1 Å². The van der Waals surface area contributed by atoms with Gasteiger partial charge in [-0.3, -0.25) is 24.0 Å². The molecule has 1 aromatic rings. The van der Waals surface area contributed by atoms with Crippen LogP contribution >= 0.6 is 0 Å². The van der Waals surface area contributed by atoms with E-state index in [2.05, 4.69) is 16.0 Å². The van der Waals surface area contributed by atoms with Crippen LogP contribution in [-0.2, 0) is 35.2 Å². The van der Waals surface area contributed by atoms with Gasteiger partial charge in [-0.1, -0.05) is 44.2 Å². The number of hydrogen-bond acceptors (Lipinski definition) is 7. The summed E-state index contributed by atoms with van der Waals surface area (Å²) in [4.78, 5) is 72.0. The summed E-state index contributed by atoms with van der Waals surface area (Å²) in [6, 6.07) is 4.06. The molecule has 0 aromatic heterocycles. The van der Waals surface area contributed by atoms with Crippen molar-refractivity contribution < 1.29 is 39.0 Å². The van der Waals surface area contributed by atoms with Crippen LogP contribution in [0.2, 0.25) is 0 Å². The standard InChI is InChI=1S/C24H35N5O8/c1-13(2)20(29-21(33)15(25)12-14-6-4-3-5-7-14)23(35)27-16(9-11-19(31)32)22(34)28-17(24(36)37)8-10-18(26)30/h3-7,13,15-17,20H,8-12,25H2,1-2H3,(H2,26,30)(H,27,35)(H,28,34)(H,29,33)(H,31,32)(H,36,37). The van der Waals surface area contributed by atoms with Gasteiger partial charge >= 0.3 is 11.9 Å². The van der Waals surface area contributed by atoms with Gasteiger partial charge < -0.3 is 37.6 Å². The minimum atomic E-state index is -1.49. The summed E-state index contributed by atoms with van der Waals surface area (Å²) in [5.41, 5.74) is 11.9. The number of carboxylic acid groups (broad SMARTS) is 2. The first-order valence-electron chi connectivity index (χ1n) is 11.7. The van der Waals surface area contributed by atoms with Crippen LogP contribution in [0.3, 0.4) is 0 Å². The molecule has 9 N–H and O–H groups in total. The third-order valence-corrected chi connectivity index (χ3v) is 5.46. The van der Waals surface area contributed by atoms with Crippen molar-refractivity contribution in [3.8, 4) is 0 Å². The lowest BCUT2D eigenvalue weighted by atomic mass is 10.0. The van der Waals surface area contributed by atoms with Gasteiger partial charge in [0.2, 0.25) is 23.6 Å². The molecule has 0 aliphatic carbocycles. The number of primary amides is 1. The van der Waals surface area contributed by atoms with Gasteiger partial charge in [-0.25, -0.2) is 4.79 Å². The fourth-order valence-electron chi connectivity index (χ4n) is 3.37. The van der Waals surface area contributed by atoms with Gasteiger partial charge in [-0.2, -0.15) is 0 Å². The summed E-state index contributed by atoms with van der Waals surface area (Å²) in [7, 11) is 0. The van der Waals surface area contributed by atoms with Crippen LogP contribution in [0.4, 0.5) is 0 Å². The van der Waals surface area contributed by atoms with E-state index in [1.165, 1.54) is 0 Å². The number of carbonyl (C=O) groups excluding carboxylic acids is 4. The highest BCUT2D eigenvalue weighted by Gasteiger charge is 2.32. The summed E-state index contributed by atoms with van der Waals surface area (Å²) in [6.45, 7) is 3.31. The summed E-state index contributed by atoms with van der Waals surface area (Å²) < 4.78 is 0. The Labute approximate surface area is 214 Å². The Kier molecular flexibility index (Phi) is 12.7. The summed E-state index contributed by atoms with van der Waals surface area (Å²) in [5, 5.41) is 25.5. The Morgan fingerprint density at radius 1 is 0.811 bits per heavy atom. The van der Waals surface area contributed by atoms with Gasteiger partial charge in [0.25, 0.3) is 0 Å². The number of carbonyl (C=O) groups is 6. The number of carboxylic acids is 2. The molecular formula is C24H35N5O8. The monoisotopic (exact) mass is 521 g/mol. The average molecular weight is 522 g/mol. The number of rotatable bonds is 16. The van der Waals surface area contributed by atoms with Crippen molar-refractivity contribution in [2.75, 3.05) is 0 Å². The van der Waals surface area contributed by atoms with Crippen molar-refractivity contribution in [2.45, 2.75) is 70.1 Å². The first kappa shape index (κ1) is 31.0. The molecule has 0 radical (unpaired) electrons. The van der Waals surface area contributed by atoms with Gasteiger partial charge in [-0.05, 0) is 30.7 Å². The molecule has 37 heavy (non-hydrogen) atoms. The van der Waals surface area contributed by atoms with Crippen molar-refractivity contribution >= 4 is 35.6 Å². The van der Waals surface area contributed by atoms with E-state index >= 15 is 0 Å². The molecule has 0 fully saturated rings. The lowest BCUT2D eigenvalue weighted by Crippen LogP contribution is -2.58. The zero-order valence-electron chi connectivity index (χ0n) is 20.8. The average Bonchev–Trinajstić information content (AvgIpc) is 2.82. The Bertz CT molecular complexity index is 969. The van der Waals surface area contributed by atoms with Crippen LogP contribution < -0.4 is 27.4 Å². The van der Waals surface area contributed by atoms with Crippen LogP contribution in [0.5, 0.6) is 0 Å². The van der Waals surface area contributed by atoms with Crippen molar-refractivity contribution in [3.05, 3.63) is 35.9 Å². The maximum absolute atomic E-state index is 13.0. The lowest BCUT2D eigenvalue weighted by molar-refractivity contribution is -0.143. The number of nitrogens with one attached hydrogen (secondary N) is 3. The Hall–Kier alpha value is -4.00. The van der Waals surface area contributed by atoms with Crippen LogP contribution in [0.1, 0.15) is 45.1 Å². The predicted molar refractivity (Wildman–Crippen MR) is 132 cm³/mol. The smallest absolute Gasteiger partial charge is 0.326 e. The topological polar surface area (TPSA) is 231 Å². The van der Waals surface area contributed by atoms with Crippen LogP contribution in [0.15, 0.2) is 30.3 Å². The fourth-order valence-corrected chi connectivity index (χ4v) is 3.37. The molecule has 0 bridgehead atoms. The quantitative estimate of drug-likeness (QED) is 0.139. The normalized spacial score (nSPS) is 14.1. The molecule has 0 spiro atoms. The van der Waals surface area contributed by atoms with E-state index in [9.17, 15) is 33.9 Å². The van der Waals surface area contributed by atoms with Gasteiger partial charge in [0.1, 0.15) is 18.1 Å². The molecule has 4 unspecified atom stereocenters. The summed E-state index contributed by atoms with van der Waals surface area (Å²) >= 11 is 0. The molecule has 4 amide bonds. The molecule has 4 atom stereocenters. The molecule has 0 saturated carbocycles. The third-order valence-electron chi connectivity index (χ3n) is 5.46. The first-order chi connectivity index (χ1) is 17.3. The number of amides is 4. The van der Waals surface area contributed by atoms with Gasteiger partial charge in [0.15, 0.2) is 0 Å². The highest BCUT2D eigenvalue weighted by atomic mass is 16.4. The molecule has 13 heteroatoms. The zero-order chi connectivity index (χ0) is 28.1. The number of nitrogens with two attached hydrogens (primary N) is 2. The third kappa shape index (κ3) is 11.5. The van der Waals surface area contributed by atoms with E-state index in [0.717, 1.165) is 5.56 Å². The van der Waals surface area contributed by atoms with Crippen LogP contribution in [0.25, 0.3) is 0 Å². The molecule has 0 heterocycles. The molecule has 1 rings (SSSR count). The SMILES string of the molecule is CC(C)C(NC(=O)C(N)Cc1ccccc1)C(=O)NC(CCC(=O)O)C(=O)NC(CCC(N)=O)C(=O)O. The number of aliphatic carboxylic acids is 2. The van der Waals surface area contributed by atoms with Crippen molar-refractivity contribution in [3.63, 3.8) is 0 Å².